The van der Waals surface area contributed by atoms with Gasteiger partial charge >= 0.3 is 0 Å². The van der Waals surface area contributed by atoms with Crippen molar-refractivity contribution in [3.05, 3.63) is 112 Å². The summed E-state index contributed by atoms with van der Waals surface area (Å²) < 4.78 is 6.15. The molecule has 2 amide bonds. The standard InChI is InChI=1S/C27H18ClNO3S/c28-20-11-13-21(14-12-20)29-26(30)25(33-27(29)31)16-23-22-9-5-4-8-19(22)10-15-24(23)32-17-18-6-2-1-3-7-18/h1-16H,17H2/b25-16-. The van der Waals surface area contributed by atoms with Crippen LogP contribution in [0.5, 0.6) is 5.75 Å². The zero-order valence-corrected chi connectivity index (χ0v) is 19.0. The van der Waals surface area contributed by atoms with Crippen molar-refractivity contribution in [2.24, 2.45) is 0 Å². The summed E-state index contributed by atoms with van der Waals surface area (Å²) in [6.07, 6.45) is 1.75. The molecule has 0 spiro atoms. The van der Waals surface area contributed by atoms with Gasteiger partial charge in [0.25, 0.3) is 11.1 Å². The van der Waals surface area contributed by atoms with Crippen molar-refractivity contribution in [1.82, 2.24) is 0 Å². The fourth-order valence-corrected chi connectivity index (χ4v) is 4.65. The number of imide groups is 1. The Morgan fingerprint density at radius 3 is 2.36 bits per heavy atom. The normalized spacial score (nSPS) is 14.9. The first kappa shape index (κ1) is 21.3. The van der Waals surface area contributed by atoms with Crippen molar-refractivity contribution in [3.8, 4) is 5.75 Å². The van der Waals surface area contributed by atoms with E-state index in [1.165, 1.54) is 4.90 Å². The molecule has 1 saturated heterocycles. The molecule has 4 nitrogen and oxygen atoms in total. The molecular weight excluding hydrogens is 454 g/mol. The Kier molecular flexibility index (Phi) is 5.90. The predicted molar refractivity (Wildman–Crippen MR) is 135 cm³/mol. The fraction of sp³-hybridized carbons (Fsp3) is 0.0370. The number of carbonyl (C=O) groups excluding carboxylic acids is 2. The highest BCUT2D eigenvalue weighted by atomic mass is 35.5. The number of rotatable bonds is 5. The molecule has 4 aromatic carbocycles. The fourth-order valence-electron chi connectivity index (χ4n) is 3.70. The van der Waals surface area contributed by atoms with E-state index in [9.17, 15) is 9.59 Å². The molecule has 1 aliphatic rings. The number of carbonyl (C=O) groups is 2. The summed E-state index contributed by atoms with van der Waals surface area (Å²) in [5, 5.41) is 2.16. The summed E-state index contributed by atoms with van der Waals surface area (Å²) in [5.74, 6) is 0.283. The van der Waals surface area contributed by atoms with Gasteiger partial charge in [-0.05, 0) is 64.5 Å². The van der Waals surface area contributed by atoms with Gasteiger partial charge in [-0.2, -0.15) is 0 Å². The van der Waals surface area contributed by atoms with Crippen LogP contribution in [0.3, 0.4) is 0 Å². The Hall–Kier alpha value is -3.54. The van der Waals surface area contributed by atoms with E-state index in [-0.39, 0.29) is 11.1 Å². The third-order valence-corrected chi connectivity index (χ3v) is 6.44. The van der Waals surface area contributed by atoms with Gasteiger partial charge in [0, 0.05) is 10.6 Å². The van der Waals surface area contributed by atoms with Crippen molar-refractivity contribution in [1.29, 1.82) is 0 Å². The molecule has 0 unspecified atom stereocenters. The minimum atomic E-state index is -0.366. The van der Waals surface area contributed by atoms with E-state index in [0.717, 1.165) is 33.7 Å². The summed E-state index contributed by atoms with van der Waals surface area (Å²) in [6, 6.07) is 28.3. The number of thioether (sulfide) groups is 1. The van der Waals surface area contributed by atoms with Crippen molar-refractivity contribution >= 4 is 57.0 Å². The van der Waals surface area contributed by atoms with E-state index in [0.29, 0.717) is 28.0 Å². The molecule has 0 radical (unpaired) electrons. The second kappa shape index (κ2) is 9.14. The molecule has 33 heavy (non-hydrogen) atoms. The lowest BCUT2D eigenvalue weighted by Gasteiger charge is -2.13. The minimum absolute atomic E-state index is 0.343. The van der Waals surface area contributed by atoms with Gasteiger partial charge in [-0.25, -0.2) is 4.90 Å². The molecule has 0 atom stereocenters. The lowest BCUT2D eigenvalue weighted by Crippen LogP contribution is -2.27. The van der Waals surface area contributed by atoms with Gasteiger partial charge < -0.3 is 4.74 Å². The number of benzene rings is 4. The molecule has 0 aliphatic carbocycles. The molecule has 162 valence electrons. The van der Waals surface area contributed by atoms with Gasteiger partial charge in [0.2, 0.25) is 0 Å². The van der Waals surface area contributed by atoms with Gasteiger partial charge in [0.1, 0.15) is 12.4 Å². The van der Waals surface area contributed by atoms with Crippen molar-refractivity contribution in [2.45, 2.75) is 6.61 Å². The van der Waals surface area contributed by atoms with E-state index in [4.69, 9.17) is 16.3 Å². The maximum absolute atomic E-state index is 13.2. The van der Waals surface area contributed by atoms with Crippen LogP contribution in [-0.4, -0.2) is 11.1 Å². The summed E-state index contributed by atoms with van der Waals surface area (Å²) in [6.45, 7) is 0.395. The van der Waals surface area contributed by atoms with Crippen molar-refractivity contribution < 1.29 is 14.3 Å². The average molecular weight is 472 g/mol. The summed E-state index contributed by atoms with van der Waals surface area (Å²) in [4.78, 5) is 27.4. The zero-order chi connectivity index (χ0) is 22.8. The number of fused-ring (bicyclic) bond motifs is 1. The van der Waals surface area contributed by atoms with Crippen LogP contribution in [-0.2, 0) is 11.4 Å². The Labute approximate surface area is 200 Å². The SMILES string of the molecule is O=C1S/C(=C\c2c(OCc3ccccc3)ccc3ccccc23)C(=O)N1c1ccc(Cl)cc1. The highest BCUT2D eigenvalue weighted by Crippen LogP contribution is 2.39. The second-order valence-corrected chi connectivity index (χ2v) is 8.90. The van der Waals surface area contributed by atoms with Crippen LogP contribution < -0.4 is 9.64 Å². The Balaban J connectivity index is 1.53. The largest absolute Gasteiger partial charge is 0.488 e. The summed E-state index contributed by atoms with van der Waals surface area (Å²) in [5.41, 5.74) is 2.30. The second-order valence-electron chi connectivity index (χ2n) is 7.47. The number of hydrogen-bond acceptors (Lipinski definition) is 4. The maximum atomic E-state index is 13.2. The molecular formula is C27H18ClNO3S. The van der Waals surface area contributed by atoms with E-state index in [1.807, 2.05) is 66.7 Å². The van der Waals surface area contributed by atoms with Gasteiger partial charge in [-0.3, -0.25) is 9.59 Å². The van der Waals surface area contributed by atoms with E-state index < -0.39 is 0 Å². The third-order valence-electron chi connectivity index (χ3n) is 5.32. The number of anilines is 1. The number of ether oxygens (including phenoxy) is 1. The smallest absolute Gasteiger partial charge is 0.298 e. The Morgan fingerprint density at radius 2 is 1.58 bits per heavy atom. The van der Waals surface area contributed by atoms with Crippen LogP contribution in [0.1, 0.15) is 11.1 Å². The summed E-state index contributed by atoms with van der Waals surface area (Å²) >= 11 is 6.87. The topological polar surface area (TPSA) is 46.6 Å². The van der Waals surface area contributed by atoms with Gasteiger partial charge in [0.15, 0.2) is 0 Å². The quantitative estimate of drug-likeness (QED) is 0.286. The van der Waals surface area contributed by atoms with Crippen LogP contribution in [0.4, 0.5) is 10.5 Å². The highest BCUT2D eigenvalue weighted by Gasteiger charge is 2.36. The molecule has 4 aromatic rings. The Morgan fingerprint density at radius 1 is 0.848 bits per heavy atom. The monoisotopic (exact) mass is 471 g/mol. The van der Waals surface area contributed by atoms with Crippen LogP contribution in [0.2, 0.25) is 5.02 Å². The van der Waals surface area contributed by atoms with Gasteiger partial charge in [-0.1, -0.05) is 72.3 Å². The van der Waals surface area contributed by atoms with Gasteiger partial charge in [0.05, 0.1) is 10.6 Å². The maximum Gasteiger partial charge on any atom is 0.298 e. The lowest BCUT2D eigenvalue weighted by atomic mass is 10.0. The molecule has 0 saturated carbocycles. The average Bonchev–Trinajstić information content (AvgIpc) is 3.12. The van der Waals surface area contributed by atoms with Crippen LogP contribution in [0.25, 0.3) is 16.8 Å². The third kappa shape index (κ3) is 4.38. The summed E-state index contributed by atoms with van der Waals surface area (Å²) in [7, 11) is 0. The molecule has 0 bridgehead atoms. The first-order valence-corrected chi connectivity index (χ1v) is 11.5. The first-order valence-electron chi connectivity index (χ1n) is 10.3. The van der Waals surface area contributed by atoms with Gasteiger partial charge in [-0.15, -0.1) is 0 Å². The number of amides is 2. The number of halogens is 1. The van der Waals surface area contributed by atoms with Crippen LogP contribution in [0, 0.1) is 0 Å². The van der Waals surface area contributed by atoms with Crippen LogP contribution in [0.15, 0.2) is 95.9 Å². The number of nitrogens with zero attached hydrogens (tertiary/aromatic N) is 1. The predicted octanol–water partition coefficient (Wildman–Crippen LogP) is 7.31. The van der Waals surface area contributed by atoms with Crippen LogP contribution >= 0.6 is 23.4 Å². The molecule has 6 heteroatoms. The van der Waals surface area contributed by atoms with E-state index in [1.54, 1.807) is 30.3 Å². The molecule has 1 heterocycles. The molecule has 0 N–H and O–H groups in total. The molecule has 1 aliphatic heterocycles. The van der Waals surface area contributed by atoms with E-state index in [2.05, 4.69) is 0 Å². The van der Waals surface area contributed by atoms with Crippen molar-refractivity contribution in [3.63, 3.8) is 0 Å². The lowest BCUT2D eigenvalue weighted by molar-refractivity contribution is -0.113. The molecule has 0 aromatic heterocycles. The molecule has 5 rings (SSSR count). The highest BCUT2D eigenvalue weighted by molar-refractivity contribution is 8.19. The molecule has 1 fully saturated rings. The Bertz CT molecular complexity index is 1380. The van der Waals surface area contributed by atoms with E-state index >= 15 is 0 Å². The van der Waals surface area contributed by atoms with Crippen molar-refractivity contribution in [2.75, 3.05) is 4.90 Å². The number of hydrogen-bond donors (Lipinski definition) is 0. The minimum Gasteiger partial charge on any atom is -0.488 e. The zero-order valence-electron chi connectivity index (χ0n) is 17.4. The first-order chi connectivity index (χ1) is 16.1.